The summed E-state index contributed by atoms with van der Waals surface area (Å²) in [5, 5.41) is 3.07. The number of halogens is 4. The minimum Gasteiger partial charge on any atom is -0.365 e. The first kappa shape index (κ1) is 11.8. The van der Waals surface area contributed by atoms with Crippen molar-refractivity contribution in [2.24, 2.45) is 0 Å². The lowest BCUT2D eigenvalue weighted by atomic mass is 10.3. The Labute approximate surface area is 89.8 Å². The Morgan fingerprint density at radius 1 is 1.47 bits per heavy atom. The van der Waals surface area contributed by atoms with Crippen LogP contribution < -0.4 is 5.32 Å². The number of rotatable bonds is 3. The van der Waals surface area contributed by atoms with Crippen molar-refractivity contribution in [3.63, 3.8) is 0 Å². The summed E-state index contributed by atoms with van der Waals surface area (Å²) < 4.78 is 36.4. The molecule has 0 radical (unpaired) electrons. The molecule has 0 spiro atoms. The number of alkyl halides is 3. The summed E-state index contributed by atoms with van der Waals surface area (Å²) in [5.74, 6) is 0.324. The first-order chi connectivity index (χ1) is 6.89. The Morgan fingerprint density at radius 2 is 2.13 bits per heavy atom. The zero-order valence-corrected chi connectivity index (χ0v) is 8.36. The molecule has 0 unspecified atom stereocenters. The molecular weight excluding hydrogens is 229 g/mol. The molecule has 0 saturated carbocycles. The molecule has 0 aromatic carbocycles. The summed E-state index contributed by atoms with van der Waals surface area (Å²) >= 11 is 5.47. The normalized spacial score (nSPS) is 11.2. The minimum atomic E-state index is -4.36. The molecule has 15 heavy (non-hydrogen) atoms. The third-order valence-corrected chi connectivity index (χ3v) is 1.69. The Bertz CT molecular complexity index is 345. The number of nitrogens with zero attached hydrogens (tertiary/aromatic N) is 1. The highest BCUT2D eigenvalue weighted by Gasteiger charge is 2.30. The van der Waals surface area contributed by atoms with E-state index in [0.717, 1.165) is 12.3 Å². The lowest BCUT2D eigenvalue weighted by Crippen LogP contribution is -2.07. The summed E-state index contributed by atoms with van der Waals surface area (Å²) in [6.45, 7) is 3.69. The maximum Gasteiger partial charge on any atom is 0.417 e. The van der Waals surface area contributed by atoms with Gasteiger partial charge in [-0.3, -0.25) is 0 Å². The molecule has 0 amide bonds. The van der Waals surface area contributed by atoms with Gasteiger partial charge in [0.1, 0.15) is 5.82 Å². The fourth-order valence-electron chi connectivity index (χ4n) is 0.853. The van der Waals surface area contributed by atoms with E-state index in [1.165, 1.54) is 6.07 Å². The number of pyridine rings is 1. The van der Waals surface area contributed by atoms with Crippen LogP contribution in [0.3, 0.4) is 0 Å². The predicted molar refractivity (Wildman–Crippen MR) is 52.7 cm³/mol. The van der Waals surface area contributed by atoms with Gasteiger partial charge < -0.3 is 5.32 Å². The number of hydrogen-bond acceptors (Lipinski definition) is 2. The molecule has 0 aliphatic carbocycles. The molecule has 1 heterocycles. The van der Waals surface area contributed by atoms with E-state index in [1.807, 2.05) is 0 Å². The fourth-order valence-corrected chi connectivity index (χ4v) is 0.919. The third-order valence-electron chi connectivity index (χ3n) is 1.55. The molecule has 6 heteroatoms. The zero-order chi connectivity index (χ0) is 11.5. The molecule has 0 aliphatic heterocycles. The van der Waals surface area contributed by atoms with Crippen LogP contribution in [0.15, 0.2) is 29.9 Å². The van der Waals surface area contributed by atoms with E-state index in [-0.39, 0.29) is 6.54 Å². The highest BCUT2D eigenvalue weighted by atomic mass is 35.5. The van der Waals surface area contributed by atoms with E-state index in [4.69, 9.17) is 11.6 Å². The second-order valence-corrected chi connectivity index (χ2v) is 3.34. The van der Waals surface area contributed by atoms with Gasteiger partial charge in [0.15, 0.2) is 0 Å². The van der Waals surface area contributed by atoms with E-state index >= 15 is 0 Å². The molecule has 1 N–H and O–H groups in total. The summed E-state index contributed by atoms with van der Waals surface area (Å²) in [6, 6.07) is 2.19. The summed E-state index contributed by atoms with van der Waals surface area (Å²) in [7, 11) is 0. The van der Waals surface area contributed by atoms with Crippen LogP contribution in [0.5, 0.6) is 0 Å². The Kier molecular flexibility index (Phi) is 3.57. The van der Waals surface area contributed by atoms with Crippen molar-refractivity contribution < 1.29 is 13.2 Å². The van der Waals surface area contributed by atoms with E-state index in [9.17, 15) is 13.2 Å². The largest absolute Gasteiger partial charge is 0.417 e. The van der Waals surface area contributed by atoms with Crippen molar-refractivity contribution in [1.29, 1.82) is 0 Å². The topological polar surface area (TPSA) is 24.9 Å². The summed E-state index contributed by atoms with van der Waals surface area (Å²) in [4.78, 5) is 3.59. The van der Waals surface area contributed by atoms with Crippen LogP contribution in [-0.2, 0) is 6.18 Å². The van der Waals surface area contributed by atoms with Crippen molar-refractivity contribution in [2.75, 3.05) is 11.9 Å². The number of anilines is 1. The van der Waals surface area contributed by atoms with E-state index in [2.05, 4.69) is 16.9 Å². The average Bonchev–Trinajstić information content (AvgIpc) is 2.14. The minimum absolute atomic E-state index is 0.264. The number of hydrogen-bond donors (Lipinski definition) is 1. The van der Waals surface area contributed by atoms with Crippen LogP contribution in [0, 0.1) is 0 Å². The van der Waals surface area contributed by atoms with E-state index in [1.54, 1.807) is 0 Å². The molecule has 0 saturated heterocycles. The van der Waals surface area contributed by atoms with Gasteiger partial charge in [-0.15, -0.1) is 0 Å². The molecule has 1 aromatic rings. The first-order valence-electron chi connectivity index (χ1n) is 4.00. The fraction of sp³-hybridized carbons (Fsp3) is 0.222. The second kappa shape index (κ2) is 4.53. The predicted octanol–water partition coefficient (Wildman–Crippen LogP) is 3.26. The standard InChI is InChI=1S/C9H8ClF3N2/c1-6(10)4-14-8-3-2-7(5-15-8)9(11,12)13/h2-3,5H,1,4H2,(H,14,15). The van der Waals surface area contributed by atoms with Crippen molar-refractivity contribution in [3.05, 3.63) is 35.5 Å². The lowest BCUT2D eigenvalue weighted by Gasteiger charge is -2.07. The van der Waals surface area contributed by atoms with Crippen LogP contribution in [0.4, 0.5) is 19.0 Å². The quantitative estimate of drug-likeness (QED) is 0.871. The molecule has 0 aliphatic rings. The zero-order valence-electron chi connectivity index (χ0n) is 7.61. The van der Waals surface area contributed by atoms with Crippen molar-refractivity contribution in [1.82, 2.24) is 4.98 Å². The van der Waals surface area contributed by atoms with Gasteiger partial charge >= 0.3 is 6.18 Å². The van der Waals surface area contributed by atoms with Crippen LogP contribution in [-0.4, -0.2) is 11.5 Å². The van der Waals surface area contributed by atoms with Crippen LogP contribution in [0.1, 0.15) is 5.56 Å². The molecule has 82 valence electrons. The van der Waals surface area contributed by atoms with Gasteiger partial charge in [-0.25, -0.2) is 4.98 Å². The Hall–Kier alpha value is -1.23. The SMILES string of the molecule is C=C(Cl)CNc1ccc(C(F)(F)F)cn1. The van der Waals surface area contributed by atoms with Crippen LogP contribution >= 0.6 is 11.6 Å². The molecule has 0 fully saturated rings. The highest BCUT2D eigenvalue weighted by molar-refractivity contribution is 6.29. The van der Waals surface area contributed by atoms with Crippen molar-refractivity contribution >= 4 is 17.4 Å². The third kappa shape index (κ3) is 3.79. The highest BCUT2D eigenvalue weighted by Crippen LogP contribution is 2.28. The Morgan fingerprint density at radius 3 is 2.53 bits per heavy atom. The van der Waals surface area contributed by atoms with Crippen LogP contribution in [0.2, 0.25) is 0 Å². The smallest absolute Gasteiger partial charge is 0.365 e. The maximum atomic E-state index is 12.1. The number of aromatic nitrogens is 1. The first-order valence-corrected chi connectivity index (χ1v) is 4.38. The summed E-state index contributed by atoms with van der Waals surface area (Å²) in [6.07, 6.45) is -3.60. The average molecular weight is 237 g/mol. The lowest BCUT2D eigenvalue weighted by molar-refractivity contribution is -0.137. The van der Waals surface area contributed by atoms with Gasteiger partial charge in [0.2, 0.25) is 0 Å². The monoisotopic (exact) mass is 236 g/mol. The van der Waals surface area contributed by atoms with Gasteiger partial charge in [-0.1, -0.05) is 18.2 Å². The summed E-state index contributed by atoms with van der Waals surface area (Å²) in [5.41, 5.74) is -0.780. The Balaban J connectivity index is 2.69. The molecule has 1 aromatic heterocycles. The van der Waals surface area contributed by atoms with Crippen molar-refractivity contribution in [2.45, 2.75) is 6.18 Å². The van der Waals surface area contributed by atoms with Gasteiger partial charge in [-0.05, 0) is 12.1 Å². The maximum absolute atomic E-state index is 12.1. The van der Waals surface area contributed by atoms with Crippen LogP contribution in [0.25, 0.3) is 0 Å². The van der Waals surface area contributed by atoms with E-state index < -0.39 is 11.7 Å². The van der Waals surface area contributed by atoms with E-state index in [0.29, 0.717) is 10.9 Å². The number of nitrogens with one attached hydrogen (secondary N) is 1. The van der Waals surface area contributed by atoms with Crippen molar-refractivity contribution in [3.8, 4) is 0 Å². The molecule has 2 nitrogen and oxygen atoms in total. The second-order valence-electron chi connectivity index (χ2n) is 2.80. The van der Waals surface area contributed by atoms with Gasteiger partial charge in [0.25, 0.3) is 0 Å². The molecular formula is C9H8ClF3N2. The molecule has 0 atom stereocenters. The van der Waals surface area contributed by atoms with Gasteiger partial charge in [0.05, 0.1) is 12.1 Å². The van der Waals surface area contributed by atoms with Gasteiger partial charge in [-0.2, -0.15) is 13.2 Å². The molecule has 0 bridgehead atoms. The van der Waals surface area contributed by atoms with Gasteiger partial charge in [0, 0.05) is 11.2 Å². The molecule has 1 rings (SSSR count).